The van der Waals surface area contributed by atoms with E-state index in [2.05, 4.69) is 22.9 Å². The van der Waals surface area contributed by atoms with E-state index in [0.29, 0.717) is 6.54 Å². The molecule has 0 aliphatic rings. The number of aromatic amines is 1. The number of para-hydroxylation sites is 1. The highest BCUT2D eigenvalue weighted by atomic mass is 16.2. The average molecular weight is 256 g/mol. The molecule has 0 atom stereocenters. The van der Waals surface area contributed by atoms with E-state index in [1.807, 2.05) is 39.0 Å². The molecule has 1 aromatic carbocycles. The van der Waals surface area contributed by atoms with E-state index in [0.717, 1.165) is 22.2 Å². The monoisotopic (exact) mass is 256 g/mol. The highest BCUT2D eigenvalue weighted by Gasteiger charge is 2.33. The van der Waals surface area contributed by atoms with Crippen LogP contribution in [-0.4, -0.2) is 17.4 Å². The summed E-state index contributed by atoms with van der Waals surface area (Å²) >= 11 is 0. The SMILES string of the molecule is C=CCNC(=O)C(C)(C)c1c(C)[nH]c2ccccc12. The number of hydrogen-bond acceptors (Lipinski definition) is 1. The lowest BCUT2D eigenvalue weighted by molar-refractivity contribution is -0.125. The van der Waals surface area contributed by atoms with Gasteiger partial charge in [0.15, 0.2) is 0 Å². The standard InChI is InChI=1S/C16H20N2O/c1-5-10-17-15(19)16(3,4)14-11(2)18-13-9-7-6-8-12(13)14/h5-9,18H,1,10H2,2-4H3,(H,17,19). The molecule has 0 aliphatic carbocycles. The van der Waals surface area contributed by atoms with Crippen molar-refractivity contribution in [3.63, 3.8) is 0 Å². The maximum atomic E-state index is 12.3. The van der Waals surface area contributed by atoms with Gasteiger partial charge in [0.25, 0.3) is 0 Å². The first-order chi connectivity index (χ1) is 8.98. The molecule has 2 aromatic rings. The number of carbonyl (C=O) groups excluding carboxylic acids is 1. The lowest BCUT2D eigenvalue weighted by Crippen LogP contribution is -2.40. The van der Waals surface area contributed by atoms with Crippen LogP contribution < -0.4 is 5.32 Å². The van der Waals surface area contributed by atoms with E-state index in [4.69, 9.17) is 0 Å². The van der Waals surface area contributed by atoms with Crippen molar-refractivity contribution in [3.05, 3.63) is 48.2 Å². The molecule has 1 amide bonds. The van der Waals surface area contributed by atoms with E-state index >= 15 is 0 Å². The fourth-order valence-electron chi connectivity index (χ4n) is 2.58. The van der Waals surface area contributed by atoms with Crippen molar-refractivity contribution in [3.8, 4) is 0 Å². The van der Waals surface area contributed by atoms with Gasteiger partial charge in [0.05, 0.1) is 5.41 Å². The third-order valence-electron chi connectivity index (χ3n) is 3.49. The van der Waals surface area contributed by atoms with Crippen LogP contribution in [-0.2, 0) is 10.2 Å². The molecule has 0 bridgehead atoms. The molecule has 100 valence electrons. The molecular formula is C16H20N2O. The Bertz CT molecular complexity index is 623. The summed E-state index contributed by atoms with van der Waals surface area (Å²) in [5.74, 6) is 0.0141. The van der Waals surface area contributed by atoms with Crippen LogP contribution in [0.3, 0.4) is 0 Å². The second kappa shape index (κ2) is 4.92. The lowest BCUT2D eigenvalue weighted by atomic mass is 9.82. The maximum Gasteiger partial charge on any atom is 0.230 e. The zero-order valence-corrected chi connectivity index (χ0v) is 11.7. The summed E-state index contributed by atoms with van der Waals surface area (Å²) in [4.78, 5) is 15.7. The number of nitrogens with one attached hydrogen (secondary N) is 2. The molecule has 0 saturated heterocycles. The molecule has 0 saturated carbocycles. The van der Waals surface area contributed by atoms with Gasteiger partial charge in [-0.3, -0.25) is 4.79 Å². The Labute approximate surface area is 113 Å². The summed E-state index contributed by atoms with van der Waals surface area (Å²) in [6.45, 7) is 10.0. The van der Waals surface area contributed by atoms with Crippen LogP contribution in [0.2, 0.25) is 0 Å². The Morgan fingerprint density at radius 1 is 1.42 bits per heavy atom. The molecule has 2 rings (SSSR count). The van der Waals surface area contributed by atoms with Crippen LogP contribution in [0.15, 0.2) is 36.9 Å². The molecule has 19 heavy (non-hydrogen) atoms. The molecule has 1 aromatic heterocycles. The number of aryl methyl sites for hydroxylation is 1. The number of hydrogen-bond donors (Lipinski definition) is 2. The first kappa shape index (κ1) is 13.4. The topological polar surface area (TPSA) is 44.9 Å². The summed E-state index contributed by atoms with van der Waals surface area (Å²) in [5, 5.41) is 3.99. The number of benzene rings is 1. The fraction of sp³-hybridized carbons (Fsp3) is 0.312. The Balaban J connectivity index is 2.50. The smallest absolute Gasteiger partial charge is 0.230 e. The van der Waals surface area contributed by atoms with Gasteiger partial charge in [0.1, 0.15) is 0 Å². The quantitative estimate of drug-likeness (QED) is 0.811. The van der Waals surface area contributed by atoms with Crippen molar-refractivity contribution < 1.29 is 4.79 Å². The summed E-state index contributed by atoms with van der Waals surface area (Å²) in [6.07, 6.45) is 1.69. The van der Waals surface area contributed by atoms with Crippen LogP contribution in [0.5, 0.6) is 0 Å². The number of rotatable bonds is 4. The van der Waals surface area contributed by atoms with Crippen LogP contribution in [0, 0.1) is 6.92 Å². The van der Waals surface area contributed by atoms with E-state index in [1.54, 1.807) is 6.08 Å². The van der Waals surface area contributed by atoms with Gasteiger partial charge < -0.3 is 10.3 Å². The summed E-state index contributed by atoms with van der Waals surface area (Å²) in [6, 6.07) is 8.07. The van der Waals surface area contributed by atoms with Crippen molar-refractivity contribution in [2.24, 2.45) is 0 Å². The molecule has 0 unspecified atom stereocenters. The van der Waals surface area contributed by atoms with Gasteiger partial charge in [-0.1, -0.05) is 24.3 Å². The van der Waals surface area contributed by atoms with Crippen molar-refractivity contribution in [2.45, 2.75) is 26.2 Å². The molecule has 0 aliphatic heterocycles. The van der Waals surface area contributed by atoms with Crippen LogP contribution in [0.1, 0.15) is 25.1 Å². The van der Waals surface area contributed by atoms with E-state index in [-0.39, 0.29) is 5.91 Å². The third kappa shape index (κ3) is 2.28. The predicted molar refractivity (Wildman–Crippen MR) is 79.3 cm³/mol. The van der Waals surface area contributed by atoms with Gasteiger partial charge in [0, 0.05) is 23.1 Å². The summed E-state index contributed by atoms with van der Waals surface area (Å²) in [7, 11) is 0. The summed E-state index contributed by atoms with van der Waals surface area (Å²) < 4.78 is 0. The largest absolute Gasteiger partial charge is 0.358 e. The van der Waals surface area contributed by atoms with Crippen molar-refractivity contribution in [1.29, 1.82) is 0 Å². The Morgan fingerprint density at radius 3 is 2.79 bits per heavy atom. The van der Waals surface area contributed by atoms with E-state index in [1.165, 1.54) is 0 Å². The molecular weight excluding hydrogens is 236 g/mol. The van der Waals surface area contributed by atoms with Gasteiger partial charge in [0.2, 0.25) is 5.91 Å². The fourth-order valence-corrected chi connectivity index (χ4v) is 2.58. The zero-order valence-electron chi connectivity index (χ0n) is 11.7. The van der Waals surface area contributed by atoms with Crippen molar-refractivity contribution in [2.75, 3.05) is 6.54 Å². The minimum Gasteiger partial charge on any atom is -0.358 e. The van der Waals surface area contributed by atoms with Crippen LogP contribution in [0.25, 0.3) is 10.9 Å². The van der Waals surface area contributed by atoms with Crippen molar-refractivity contribution >= 4 is 16.8 Å². The first-order valence-corrected chi connectivity index (χ1v) is 6.45. The number of carbonyl (C=O) groups is 1. The number of fused-ring (bicyclic) bond motifs is 1. The maximum absolute atomic E-state index is 12.3. The first-order valence-electron chi connectivity index (χ1n) is 6.45. The minimum atomic E-state index is -0.577. The van der Waals surface area contributed by atoms with Crippen LogP contribution in [0.4, 0.5) is 0 Å². The molecule has 3 nitrogen and oxygen atoms in total. The Hall–Kier alpha value is -2.03. The van der Waals surface area contributed by atoms with Gasteiger partial charge in [-0.05, 0) is 32.4 Å². The highest BCUT2D eigenvalue weighted by molar-refractivity contribution is 5.95. The molecule has 0 fully saturated rings. The second-order valence-electron chi connectivity index (χ2n) is 5.29. The molecule has 1 heterocycles. The molecule has 0 radical (unpaired) electrons. The number of H-pyrrole nitrogens is 1. The normalized spacial score (nSPS) is 11.5. The zero-order chi connectivity index (χ0) is 14.0. The van der Waals surface area contributed by atoms with Gasteiger partial charge in [-0.15, -0.1) is 6.58 Å². The van der Waals surface area contributed by atoms with E-state index in [9.17, 15) is 4.79 Å². The molecule has 2 N–H and O–H groups in total. The Morgan fingerprint density at radius 2 is 2.11 bits per heavy atom. The van der Waals surface area contributed by atoms with Crippen molar-refractivity contribution in [1.82, 2.24) is 10.3 Å². The summed E-state index contributed by atoms with van der Waals surface area (Å²) in [5.41, 5.74) is 2.59. The minimum absolute atomic E-state index is 0.0141. The molecule has 0 spiro atoms. The van der Waals surface area contributed by atoms with Gasteiger partial charge >= 0.3 is 0 Å². The molecule has 3 heteroatoms. The predicted octanol–water partition coefficient (Wildman–Crippen LogP) is 3.06. The van der Waals surface area contributed by atoms with Crippen LogP contribution >= 0.6 is 0 Å². The number of amides is 1. The lowest BCUT2D eigenvalue weighted by Gasteiger charge is -2.24. The van der Waals surface area contributed by atoms with Gasteiger partial charge in [-0.2, -0.15) is 0 Å². The Kier molecular flexibility index (Phi) is 3.47. The third-order valence-corrected chi connectivity index (χ3v) is 3.49. The average Bonchev–Trinajstić information content (AvgIpc) is 2.72. The van der Waals surface area contributed by atoms with Gasteiger partial charge in [-0.25, -0.2) is 0 Å². The highest BCUT2D eigenvalue weighted by Crippen LogP contribution is 2.33. The second-order valence-corrected chi connectivity index (χ2v) is 5.29. The van der Waals surface area contributed by atoms with E-state index < -0.39 is 5.41 Å². The number of aromatic nitrogens is 1.